The summed E-state index contributed by atoms with van der Waals surface area (Å²) in [7, 11) is 0. The highest BCUT2D eigenvalue weighted by Gasteiger charge is 2.20. The van der Waals surface area contributed by atoms with Crippen molar-refractivity contribution in [3.05, 3.63) is 33.8 Å². The van der Waals surface area contributed by atoms with Gasteiger partial charge in [0, 0.05) is 16.6 Å². The van der Waals surface area contributed by atoms with Crippen molar-refractivity contribution in [2.24, 2.45) is 17.6 Å². The van der Waals surface area contributed by atoms with Crippen molar-refractivity contribution < 1.29 is 9.90 Å². The van der Waals surface area contributed by atoms with Crippen LogP contribution in [0.25, 0.3) is 0 Å². The predicted octanol–water partition coefficient (Wildman–Crippen LogP) is 4.39. The lowest BCUT2D eigenvalue weighted by molar-refractivity contribution is -0.142. The standard InChI is InChI=1S/C16H23Cl2NO2/c1-2-11(8-13(10-19)16(20)21)4-3-5-12-9-14(17)6-7-15(12)18/h6-7,9,11,13H,2-5,8,10,19H2,1H3,(H,20,21). The Morgan fingerprint density at radius 3 is 2.67 bits per heavy atom. The molecule has 1 rings (SSSR count). The summed E-state index contributed by atoms with van der Waals surface area (Å²) in [5.74, 6) is -0.855. The van der Waals surface area contributed by atoms with Gasteiger partial charge in [-0.1, -0.05) is 43.0 Å². The number of carbonyl (C=O) groups is 1. The Labute approximate surface area is 136 Å². The highest BCUT2D eigenvalue weighted by molar-refractivity contribution is 6.33. The number of rotatable bonds is 9. The molecule has 0 aliphatic rings. The van der Waals surface area contributed by atoms with Gasteiger partial charge in [-0.25, -0.2) is 0 Å². The molecule has 0 spiro atoms. The second-order valence-electron chi connectivity index (χ2n) is 5.41. The van der Waals surface area contributed by atoms with Gasteiger partial charge in [0.2, 0.25) is 0 Å². The highest BCUT2D eigenvalue weighted by Crippen LogP contribution is 2.25. The first-order valence-corrected chi connectivity index (χ1v) is 8.10. The summed E-state index contributed by atoms with van der Waals surface area (Å²) in [4.78, 5) is 11.0. The van der Waals surface area contributed by atoms with Crippen LogP contribution in [0.15, 0.2) is 18.2 Å². The van der Waals surface area contributed by atoms with E-state index >= 15 is 0 Å². The van der Waals surface area contributed by atoms with Crippen molar-refractivity contribution in [2.75, 3.05) is 6.54 Å². The summed E-state index contributed by atoms with van der Waals surface area (Å²) in [5, 5.41) is 10.5. The minimum absolute atomic E-state index is 0.200. The van der Waals surface area contributed by atoms with E-state index in [9.17, 15) is 4.79 Å². The maximum atomic E-state index is 11.0. The number of nitrogens with two attached hydrogens (primary N) is 1. The second kappa shape index (κ2) is 9.29. The molecule has 0 aliphatic heterocycles. The summed E-state index contributed by atoms with van der Waals surface area (Å²) in [6.07, 6.45) is 4.41. The molecule has 2 atom stereocenters. The zero-order valence-electron chi connectivity index (χ0n) is 12.3. The number of hydrogen-bond acceptors (Lipinski definition) is 2. The predicted molar refractivity (Wildman–Crippen MR) is 88.0 cm³/mol. The molecule has 21 heavy (non-hydrogen) atoms. The number of benzene rings is 1. The Morgan fingerprint density at radius 2 is 2.10 bits per heavy atom. The van der Waals surface area contributed by atoms with Crippen molar-refractivity contribution in [3.63, 3.8) is 0 Å². The fraction of sp³-hybridized carbons (Fsp3) is 0.562. The van der Waals surface area contributed by atoms with Crippen LogP contribution in [0.2, 0.25) is 10.0 Å². The summed E-state index contributed by atoms with van der Waals surface area (Å²) < 4.78 is 0. The molecule has 2 unspecified atom stereocenters. The minimum atomic E-state index is -0.797. The minimum Gasteiger partial charge on any atom is -0.481 e. The molecule has 0 radical (unpaired) electrons. The number of hydrogen-bond donors (Lipinski definition) is 2. The molecule has 118 valence electrons. The number of carboxylic acid groups (broad SMARTS) is 1. The highest BCUT2D eigenvalue weighted by atomic mass is 35.5. The van der Waals surface area contributed by atoms with Gasteiger partial charge in [-0.15, -0.1) is 0 Å². The average molecular weight is 332 g/mol. The molecule has 1 aromatic carbocycles. The molecule has 0 heterocycles. The van der Waals surface area contributed by atoms with Crippen LogP contribution in [-0.4, -0.2) is 17.6 Å². The zero-order chi connectivity index (χ0) is 15.8. The first kappa shape index (κ1) is 18.3. The van der Waals surface area contributed by atoms with E-state index in [1.54, 1.807) is 6.07 Å². The van der Waals surface area contributed by atoms with E-state index in [0.29, 0.717) is 17.4 Å². The van der Waals surface area contributed by atoms with Gasteiger partial charge in [0.25, 0.3) is 0 Å². The molecule has 0 saturated heterocycles. The molecule has 3 N–H and O–H groups in total. The van der Waals surface area contributed by atoms with Crippen molar-refractivity contribution in [2.45, 2.75) is 39.0 Å². The lowest BCUT2D eigenvalue weighted by atomic mass is 9.88. The van der Waals surface area contributed by atoms with Crippen LogP contribution >= 0.6 is 23.2 Å². The van der Waals surface area contributed by atoms with Crippen LogP contribution in [0.5, 0.6) is 0 Å². The van der Waals surface area contributed by atoms with Crippen LogP contribution in [-0.2, 0) is 11.2 Å². The second-order valence-corrected chi connectivity index (χ2v) is 6.25. The van der Waals surface area contributed by atoms with Gasteiger partial charge < -0.3 is 10.8 Å². The first-order chi connectivity index (χ1) is 9.97. The Hall–Kier alpha value is -0.770. The third-order valence-electron chi connectivity index (χ3n) is 3.90. The lowest BCUT2D eigenvalue weighted by Gasteiger charge is -2.19. The maximum Gasteiger partial charge on any atom is 0.307 e. The normalized spacial score (nSPS) is 13.9. The van der Waals surface area contributed by atoms with E-state index in [-0.39, 0.29) is 6.54 Å². The Balaban J connectivity index is 2.48. The fourth-order valence-corrected chi connectivity index (χ4v) is 2.91. The van der Waals surface area contributed by atoms with Crippen LogP contribution < -0.4 is 5.73 Å². The Morgan fingerprint density at radius 1 is 1.38 bits per heavy atom. The molecule has 0 amide bonds. The molecule has 0 aromatic heterocycles. The van der Waals surface area contributed by atoms with E-state index in [4.69, 9.17) is 34.0 Å². The van der Waals surface area contributed by atoms with E-state index in [0.717, 1.165) is 36.3 Å². The Kier molecular flexibility index (Phi) is 8.09. The zero-order valence-corrected chi connectivity index (χ0v) is 13.8. The monoisotopic (exact) mass is 331 g/mol. The largest absolute Gasteiger partial charge is 0.481 e. The fourth-order valence-electron chi connectivity index (χ4n) is 2.50. The summed E-state index contributed by atoms with van der Waals surface area (Å²) in [6, 6.07) is 5.48. The molecule has 5 heteroatoms. The van der Waals surface area contributed by atoms with Gasteiger partial charge in [0.1, 0.15) is 0 Å². The first-order valence-electron chi connectivity index (χ1n) is 7.34. The van der Waals surface area contributed by atoms with E-state index in [1.807, 2.05) is 12.1 Å². The summed E-state index contributed by atoms with van der Waals surface area (Å²) >= 11 is 12.1. The molecular weight excluding hydrogens is 309 g/mol. The van der Waals surface area contributed by atoms with Crippen molar-refractivity contribution >= 4 is 29.2 Å². The Bertz CT molecular complexity index is 466. The smallest absolute Gasteiger partial charge is 0.307 e. The molecule has 0 fully saturated rings. The number of halogens is 2. The third-order valence-corrected chi connectivity index (χ3v) is 4.50. The third kappa shape index (κ3) is 6.25. The van der Waals surface area contributed by atoms with Crippen molar-refractivity contribution in [3.8, 4) is 0 Å². The van der Waals surface area contributed by atoms with Crippen molar-refractivity contribution in [1.82, 2.24) is 0 Å². The lowest BCUT2D eigenvalue weighted by Crippen LogP contribution is -2.25. The SMILES string of the molecule is CCC(CCCc1cc(Cl)ccc1Cl)CC(CN)C(=O)O. The van der Waals surface area contributed by atoms with Gasteiger partial charge in [0.05, 0.1) is 5.92 Å². The molecule has 3 nitrogen and oxygen atoms in total. The van der Waals surface area contributed by atoms with Gasteiger partial charge >= 0.3 is 5.97 Å². The number of aryl methyl sites for hydroxylation is 1. The van der Waals surface area contributed by atoms with E-state index < -0.39 is 11.9 Å². The maximum absolute atomic E-state index is 11.0. The van der Waals surface area contributed by atoms with Gasteiger partial charge in [-0.3, -0.25) is 4.79 Å². The molecule has 1 aromatic rings. The molecule has 0 saturated carbocycles. The summed E-state index contributed by atoms with van der Waals surface area (Å²) in [6.45, 7) is 2.29. The van der Waals surface area contributed by atoms with Crippen molar-refractivity contribution in [1.29, 1.82) is 0 Å². The van der Waals surface area contributed by atoms with Gasteiger partial charge in [0.15, 0.2) is 0 Å². The van der Waals surface area contributed by atoms with E-state index in [1.165, 1.54) is 0 Å². The van der Waals surface area contributed by atoms with E-state index in [2.05, 4.69) is 6.92 Å². The summed E-state index contributed by atoms with van der Waals surface area (Å²) in [5.41, 5.74) is 6.57. The average Bonchev–Trinajstić information content (AvgIpc) is 2.45. The molecule has 0 bridgehead atoms. The van der Waals surface area contributed by atoms with Crippen LogP contribution in [0, 0.1) is 11.8 Å². The van der Waals surface area contributed by atoms with Crippen LogP contribution in [0.3, 0.4) is 0 Å². The number of carboxylic acids is 1. The number of aliphatic carboxylic acids is 1. The van der Waals surface area contributed by atoms with Crippen LogP contribution in [0.4, 0.5) is 0 Å². The van der Waals surface area contributed by atoms with Gasteiger partial charge in [-0.05, 0) is 48.9 Å². The van der Waals surface area contributed by atoms with Crippen LogP contribution in [0.1, 0.15) is 38.2 Å². The quantitative estimate of drug-likeness (QED) is 0.705. The topological polar surface area (TPSA) is 63.3 Å². The van der Waals surface area contributed by atoms with Gasteiger partial charge in [-0.2, -0.15) is 0 Å². The molecular formula is C16H23Cl2NO2. The molecule has 0 aliphatic carbocycles.